The number of hydrogen-bond acceptors (Lipinski definition) is 2. The first-order chi connectivity index (χ1) is 7.58. The molecule has 16 heavy (non-hydrogen) atoms. The van der Waals surface area contributed by atoms with E-state index in [9.17, 15) is 4.79 Å². The predicted octanol–water partition coefficient (Wildman–Crippen LogP) is 3.54. The van der Waals surface area contributed by atoms with E-state index < -0.39 is 0 Å². The van der Waals surface area contributed by atoms with Gasteiger partial charge in [0.2, 0.25) is 0 Å². The molecule has 0 radical (unpaired) electrons. The van der Waals surface area contributed by atoms with Crippen molar-refractivity contribution in [3.05, 3.63) is 0 Å². The summed E-state index contributed by atoms with van der Waals surface area (Å²) < 4.78 is 5.61. The van der Waals surface area contributed by atoms with E-state index in [-0.39, 0.29) is 17.5 Å². The minimum Gasteiger partial charge on any atom is -0.462 e. The molecule has 0 bridgehead atoms. The fraction of sp³-hybridized carbons (Fsp3) is 0.929. The summed E-state index contributed by atoms with van der Waals surface area (Å²) in [5.41, 5.74) is -0.180. The van der Waals surface area contributed by atoms with Gasteiger partial charge in [-0.2, -0.15) is 0 Å². The molecule has 4 unspecified atom stereocenters. The lowest BCUT2D eigenvalue weighted by atomic mass is 9.66. The largest absolute Gasteiger partial charge is 0.462 e. The molecule has 1 aliphatic heterocycles. The number of carbonyl (C=O) groups is 1. The molecule has 0 aromatic carbocycles. The Hall–Kier alpha value is -0.530. The lowest BCUT2D eigenvalue weighted by Gasteiger charge is -2.34. The summed E-state index contributed by atoms with van der Waals surface area (Å²) in [6, 6.07) is 0. The summed E-state index contributed by atoms with van der Waals surface area (Å²) >= 11 is 0. The molecule has 2 heteroatoms. The maximum Gasteiger partial charge on any atom is 0.312 e. The molecule has 2 aliphatic rings. The van der Waals surface area contributed by atoms with Gasteiger partial charge in [0, 0.05) is 5.92 Å². The summed E-state index contributed by atoms with van der Waals surface area (Å²) in [4.78, 5) is 12.1. The van der Waals surface area contributed by atoms with Gasteiger partial charge in [-0.1, -0.05) is 33.1 Å². The molecule has 4 atom stereocenters. The molecule has 0 aromatic rings. The second kappa shape index (κ2) is 4.38. The Bertz CT molecular complexity index is 274. The number of carbonyl (C=O) groups excluding carboxylic acids is 1. The summed E-state index contributed by atoms with van der Waals surface area (Å²) in [7, 11) is 0. The van der Waals surface area contributed by atoms with Gasteiger partial charge in [0.1, 0.15) is 6.10 Å². The van der Waals surface area contributed by atoms with E-state index in [2.05, 4.69) is 20.8 Å². The Morgan fingerprint density at radius 1 is 1.44 bits per heavy atom. The summed E-state index contributed by atoms with van der Waals surface area (Å²) in [6.45, 7) is 6.58. The van der Waals surface area contributed by atoms with E-state index in [1.165, 1.54) is 12.8 Å². The van der Waals surface area contributed by atoms with Crippen LogP contribution in [0.3, 0.4) is 0 Å². The van der Waals surface area contributed by atoms with E-state index in [4.69, 9.17) is 4.74 Å². The maximum absolute atomic E-state index is 12.1. The lowest BCUT2D eigenvalue weighted by Crippen LogP contribution is -2.35. The van der Waals surface area contributed by atoms with Crippen molar-refractivity contribution in [2.45, 2.75) is 65.4 Å². The van der Waals surface area contributed by atoms with Crippen molar-refractivity contribution in [2.24, 2.45) is 17.3 Å². The van der Waals surface area contributed by atoms with Gasteiger partial charge in [-0.3, -0.25) is 4.79 Å². The highest BCUT2D eigenvalue weighted by atomic mass is 16.6. The second-order valence-corrected chi connectivity index (χ2v) is 5.99. The van der Waals surface area contributed by atoms with E-state index in [0.29, 0.717) is 5.92 Å². The summed E-state index contributed by atoms with van der Waals surface area (Å²) in [6.07, 6.45) is 7.06. The molecule has 2 rings (SSSR count). The molecule has 1 saturated carbocycles. The minimum atomic E-state index is -0.180. The SMILES string of the molecule is CCCCC1(C)C(=O)OC2CC(C)CCC21. The van der Waals surface area contributed by atoms with Crippen molar-refractivity contribution in [1.29, 1.82) is 0 Å². The van der Waals surface area contributed by atoms with Crippen LogP contribution in [0, 0.1) is 17.3 Å². The van der Waals surface area contributed by atoms with E-state index in [1.807, 2.05) is 0 Å². The van der Waals surface area contributed by atoms with E-state index in [1.54, 1.807) is 0 Å². The summed E-state index contributed by atoms with van der Waals surface area (Å²) in [5.74, 6) is 1.29. The van der Waals surface area contributed by atoms with Gasteiger partial charge in [0.25, 0.3) is 0 Å². The fourth-order valence-corrected chi connectivity index (χ4v) is 3.44. The van der Waals surface area contributed by atoms with Crippen LogP contribution in [0.15, 0.2) is 0 Å². The van der Waals surface area contributed by atoms with Crippen LogP contribution in [0.1, 0.15) is 59.3 Å². The normalized spacial score (nSPS) is 42.9. The molecule has 2 fully saturated rings. The van der Waals surface area contributed by atoms with Crippen LogP contribution in [0.4, 0.5) is 0 Å². The zero-order chi connectivity index (χ0) is 11.8. The van der Waals surface area contributed by atoms with E-state index in [0.717, 1.165) is 31.6 Å². The fourth-order valence-electron chi connectivity index (χ4n) is 3.44. The highest BCUT2D eigenvalue weighted by Crippen LogP contribution is 2.50. The summed E-state index contributed by atoms with van der Waals surface area (Å²) in [5, 5.41) is 0. The van der Waals surface area contributed by atoms with Crippen molar-refractivity contribution in [3.8, 4) is 0 Å². The lowest BCUT2D eigenvalue weighted by molar-refractivity contribution is -0.148. The van der Waals surface area contributed by atoms with Gasteiger partial charge < -0.3 is 4.74 Å². The maximum atomic E-state index is 12.1. The number of hydrogen-bond donors (Lipinski definition) is 0. The molecule has 0 amide bonds. The average Bonchev–Trinajstić information content (AvgIpc) is 2.48. The van der Waals surface area contributed by atoms with Gasteiger partial charge in [-0.05, 0) is 32.1 Å². The molecule has 0 spiro atoms. The highest BCUT2D eigenvalue weighted by Gasteiger charge is 2.54. The minimum absolute atomic E-state index is 0.0741. The first kappa shape index (κ1) is 11.9. The van der Waals surface area contributed by atoms with Crippen molar-refractivity contribution >= 4 is 5.97 Å². The van der Waals surface area contributed by atoms with Gasteiger partial charge in [-0.25, -0.2) is 0 Å². The first-order valence-corrected chi connectivity index (χ1v) is 6.79. The molecule has 92 valence electrons. The van der Waals surface area contributed by atoms with Crippen molar-refractivity contribution in [1.82, 2.24) is 0 Å². The molecule has 1 heterocycles. The number of unbranched alkanes of at least 4 members (excludes halogenated alkanes) is 1. The average molecular weight is 224 g/mol. The smallest absolute Gasteiger partial charge is 0.312 e. The van der Waals surface area contributed by atoms with Gasteiger partial charge in [-0.15, -0.1) is 0 Å². The van der Waals surface area contributed by atoms with Crippen molar-refractivity contribution in [2.75, 3.05) is 0 Å². The molecule has 1 aliphatic carbocycles. The van der Waals surface area contributed by atoms with Crippen LogP contribution in [0.2, 0.25) is 0 Å². The number of fused-ring (bicyclic) bond motifs is 1. The van der Waals surface area contributed by atoms with Crippen molar-refractivity contribution < 1.29 is 9.53 Å². The van der Waals surface area contributed by atoms with Crippen LogP contribution in [0.25, 0.3) is 0 Å². The number of ether oxygens (including phenoxy) is 1. The zero-order valence-corrected chi connectivity index (χ0v) is 10.8. The van der Waals surface area contributed by atoms with E-state index >= 15 is 0 Å². The van der Waals surface area contributed by atoms with Crippen LogP contribution in [-0.4, -0.2) is 12.1 Å². The standard InChI is InChI=1S/C14H24O2/c1-4-5-8-14(3)11-7-6-10(2)9-12(11)16-13(14)15/h10-12H,4-9H2,1-3H3. The molecule has 2 nitrogen and oxygen atoms in total. The Balaban J connectivity index is 2.10. The Kier molecular flexibility index (Phi) is 3.27. The molecular weight excluding hydrogens is 200 g/mol. The Morgan fingerprint density at radius 2 is 2.19 bits per heavy atom. The van der Waals surface area contributed by atoms with Gasteiger partial charge in [0.15, 0.2) is 0 Å². The van der Waals surface area contributed by atoms with Crippen LogP contribution >= 0.6 is 0 Å². The van der Waals surface area contributed by atoms with Crippen LogP contribution in [-0.2, 0) is 9.53 Å². The quantitative estimate of drug-likeness (QED) is 0.685. The highest BCUT2D eigenvalue weighted by molar-refractivity contribution is 5.79. The Labute approximate surface area is 98.7 Å². The van der Waals surface area contributed by atoms with Crippen molar-refractivity contribution in [3.63, 3.8) is 0 Å². The molecular formula is C14H24O2. The molecule has 0 aromatic heterocycles. The predicted molar refractivity (Wildman–Crippen MR) is 64.0 cm³/mol. The van der Waals surface area contributed by atoms with Crippen LogP contribution in [0.5, 0.6) is 0 Å². The number of rotatable bonds is 3. The first-order valence-electron chi connectivity index (χ1n) is 6.79. The third-order valence-corrected chi connectivity index (χ3v) is 4.65. The van der Waals surface area contributed by atoms with Gasteiger partial charge >= 0.3 is 5.97 Å². The Morgan fingerprint density at radius 3 is 2.88 bits per heavy atom. The topological polar surface area (TPSA) is 26.3 Å². The second-order valence-electron chi connectivity index (χ2n) is 5.99. The third kappa shape index (κ3) is 1.87. The van der Waals surface area contributed by atoms with Crippen LogP contribution < -0.4 is 0 Å². The third-order valence-electron chi connectivity index (χ3n) is 4.65. The van der Waals surface area contributed by atoms with Gasteiger partial charge in [0.05, 0.1) is 5.41 Å². The zero-order valence-electron chi connectivity index (χ0n) is 10.8. The monoisotopic (exact) mass is 224 g/mol. The molecule has 0 N–H and O–H groups in total. The number of esters is 1. The molecule has 1 saturated heterocycles.